The number of carbonyl (C=O) groups excluding carboxylic acids is 1. The van der Waals surface area contributed by atoms with E-state index in [9.17, 15) is 9.59 Å². The molecule has 2 aromatic heterocycles. The summed E-state index contributed by atoms with van der Waals surface area (Å²) in [4.78, 5) is 28.0. The quantitative estimate of drug-likeness (QED) is 0.378. The number of benzene rings is 1. The largest absolute Gasteiger partial charge is 0.456 e. The van der Waals surface area contributed by atoms with Crippen molar-refractivity contribution >= 4 is 40.1 Å². The van der Waals surface area contributed by atoms with Crippen LogP contribution < -0.4 is 5.63 Å². The fourth-order valence-electron chi connectivity index (χ4n) is 3.19. The van der Waals surface area contributed by atoms with Crippen LogP contribution in [-0.2, 0) is 24.2 Å². The third kappa shape index (κ3) is 3.20. The minimum atomic E-state index is -0.708. The number of aryl methyl sites for hydroxylation is 2. The maximum atomic E-state index is 12.3. The Morgan fingerprint density at radius 3 is 2.73 bits per heavy atom. The molecule has 0 aliphatic heterocycles. The van der Waals surface area contributed by atoms with E-state index in [1.165, 1.54) is 29.3 Å². The molecule has 2 heterocycles. The van der Waals surface area contributed by atoms with Gasteiger partial charge in [-0.1, -0.05) is 23.2 Å². The number of hydrogen-bond donors (Lipinski definition) is 0. The predicted molar refractivity (Wildman–Crippen MR) is 97.9 cm³/mol. The van der Waals surface area contributed by atoms with Gasteiger partial charge in [0, 0.05) is 17.0 Å². The molecular formula is C19H13Cl2NO4. The summed E-state index contributed by atoms with van der Waals surface area (Å²) in [5, 5.41) is 1.06. The number of nitrogens with zero attached hydrogens (tertiary/aromatic N) is 1. The maximum Gasteiger partial charge on any atom is 0.358 e. The van der Waals surface area contributed by atoms with E-state index in [1.807, 2.05) is 12.1 Å². The third-order valence-corrected chi connectivity index (χ3v) is 4.92. The standard InChI is InChI=1S/C19H13Cl2NO4/c20-14-4-5-16(21)22-18(14)19(24)25-9-12-8-17(23)26-15-7-11-3-1-2-10(11)6-13(12)15/h4-8H,1-3,9H2. The molecule has 0 amide bonds. The van der Waals surface area contributed by atoms with Crippen molar-refractivity contribution in [3.63, 3.8) is 0 Å². The van der Waals surface area contributed by atoms with E-state index in [0.717, 1.165) is 24.6 Å². The van der Waals surface area contributed by atoms with Gasteiger partial charge < -0.3 is 9.15 Å². The van der Waals surface area contributed by atoms with Crippen molar-refractivity contribution in [2.24, 2.45) is 0 Å². The van der Waals surface area contributed by atoms with Crippen LogP contribution in [0.5, 0.6) is 0 Å². The van der Waals surface area contributed by atoms with Crippen molar-refractivity contribution in [1.82, 2.24) is 4.98 Å². The van der Waals surface area contributed by atoms with Gasteiger partial charge in [0.25, 0.3) is 0 Å². The molecule has 4 rings (SSSR count). The molecule has 1 aromatic carbocycles. The van der Waals surface area contributed by atoms with Crippen LogP contribution in [0.3, 0.4) is 0 Å². The van der Waals surface area contributed by atoms with Crippen LogP contribution in [0.1, 0.15) is 33.6 Å². The summed E-state index contributed by atoms with van der Waals surface area (Å²) in [7, 11) is 0. The van der Waals surface area contributed by atoms with E-state index in [1.54, 1.807) is 0 Å². The topological polar surface area (TPSA) is 69.4 Å². The summed E-state index contributed by atoms with van der Waals surface area (Å²) >= 11 is 11.8. The number of ether oxygens (including phenoxy) is 1. The molecule has 0 N–H and O–H groups in total. The van der Waals surface area contributed by atoms with Crippen LogP contribution >= 0.6 is 23.2 Å². The first-order valence-electron chi connectivity index (χ1n) is 8.09. The highest BCUT2D eigenvalue weighted by atomic mass is 35.5. The van der Waals surface area contributed by atoms with Gasteiger partial charge in [0.1, 0.15) is 17.3 Å². The average molecular weight is 390 g/mol. The number of hydrogen-bond acceptors (Lipinski definition) is 5. The third-order valence-electron chi connectivity index (χ3n) is 4.41. The first-order chi connectivity index (χ1) is 12.5. The fourth-order valence-corrected chi connectivity index (χ4v) is 3.52. The Kier molecular flexibility index (Phi) is 4.42. The lowest BCUT2D eigenvalue weighted by Gasteiger charge is -2.09. The van der Waals surface area contributed by atoms with Crippen LogP contribution in [0.2, 0.25) is 10.2 Å². The van der Waals surface area contributed by atoms with Crippen LogP contribution in [0, 0.1) is 0 Å². The lowest BCUT2D eigenvalue weighted by molar-refractivity contribution is 0.0467. The normalized spacial score (nSPS) is 13.0. The fraction of sp³-hybridized carbons (Fsp3) is 0.211. The lowest BCUT2D eigenvalue weighted by atomic mass is 10.0. The molecule has 7 heteroatoms. The van der Waals surface area contributed by atoms with Gasteiger partial charge in [0.2, 0.25) is 0 Å². The molecule has 0 radical (unpaired) electrons. The summed E-state index contributed by atoms with van der Waals surface area (Å²) in [5.74, 6) is -0.708. The molecule has 0 saturated carbocycles. The van der Waals surface area contributed by atoms with Gasteiger partial charge in [-0.15, -0.1) is 0 Å². The van der Waals surface area contributed by atoms with Gasteiger partial charge in [-0.25, -0.2) is 14.6 Å². The monoisotopic (exact) mass is 389 g/mol. The second-order valence-corrected chi connectivity index (χ2v) is 6.90. The lowest BCUT2D eigenvalue weighted by Crippen LogP contribution is -2.10. The van der Waals surface area contributed by atoms with Crippen LogP contribution in [0.4, 0.5) is 0 Å². The van der Waals surface area contributed by atoms with Crippen molar-refractivity contribution in [1.29, 1.82) is 0 Å². The number of halogens is 2. The van der Waals surface area contributed by atoms with Crippen molar-refractivity contribution in [3.05, 3.63) is 73.3 Å². The van der Waals surface area contributed by atoms with Gasteiger partial charge in [-0.3, -0.25) is 0 Å². The van der Waals surface area contributed by atoms with Crippen molar-refractivity contribution in [2.45, 2.75) is 25.9 Å². The summed E-state index contributed by atoms with van der Waals surface area (Å²) < 4.78 is 10.6. The predicted octanol–water partition coefficient (Wildman–Crippen LogP) is 4.34. The van der Waals surface area contributed by atoms with Gasteiger partial charge >= 0.3 is 11.6 Å². The number of carbonyl (C=O) groups is 1. The Morgan fingerprint density at radius 2 is 1.92 bits per heavy atom. The molecule has 0 spiro atoms. The highest BCUT2D eigenvalue weighted by molar-refractivity contribution is 6.34. The van der Waals surface area contributed by atoms with Crippen molar-refractivity contribution in [2.75, 3.05) is 0 Å². The van der Waals surface area contributed by atoms with Crippen LogP contribution in [0.25, 0.3) is 11.0 Å². The first-order valence-corrected chi connectivity index (χ1v) is 8.84. The van der Waals surface area contributed by atoms with E-state index in [4.69, 9.17) is 32.4 Å². The van der Waals surface area contributed by atoms with Crippen LogP contribution in [-0.4, -0.2) is 11.0 Å². The molecule has 26 heavy (non-hydrogen) atoms. The molecule has 0 unspecified atom stereocenters. The van der Waals surface area contributed by atoms with E-state index in [-0.39, 0.29) is 22.5 Å². The summed E-state index contributed by atoms with van der Waals surface area (Å²) in [6.07, 6.45) is 3.05. The molecule has 0 fully saturated rings. The number of fused-ring (bicyclic) bond motifs is 2. The molecule has 0 atom stereocenters. The van der Waals surface area contributed by atoms with Gasteiger partial charge in [-0.05, 0) is 54.7 Å². The van der Waals surface area contributed by atoms with Gasteiger partial charge in [0.05, 0.1) is 5.02 Å². The zero-order chi connectivity index (χ0) is 18.3. The Balaban J connectivity index is 1.66. The number of rotatable bonds is 3. The van der Waals surface area contributed by atoms with E-state index < -0.39 is 11.6 Å². The molecule has 3 aromatic rings. The molecule has 132 valence electrons. The Morgan fingerprint density at radius 1 is 1.15 bits per heavy atom. The average Bonchev–Trinajstić information content (AvgIpc) is 3.07. The van der Waals surface area contributed by atoms with E-state index >= 15 is 0 Å². The highest BCUT2D eigenvalue weighted by Crippen LogP contribution is 2.29. The van der Waals surface area contributed by atoms with Crippen molar-refractivity contribution < 1.29 is 13.9 Å². The Hall–Kier alpha value is -2.37. The summed E-state index contributed by atoms with van der Waals surface area (Å²) in [6, 6.07) is 8.21. The molecule has 1 aliphatic rings. The van der Waals surface area contributed by atoms with Gasteiger partial charge in [-0.2, -0.15) is 0 Å². The number of esters is 1. The van der Waals surface area contributed by atoms with Crippen LogP contribution in [0.15, 0.2) is 39.5 Å². The Bertz CT molecular complexity index is 1090. The summed E-state index contributed by atoms with van der Waals surface area (Å²) in [5.41, 5.74) is 2.97. The minimum absolute atomic E-state index is 0.0627. The Labute approximate surface area is 158 Å². The summed E-state index contributed by atoms with van der Waals surface area (Å²) in [6.45, 7) is -0.0930. The van der Waals surface area contributed by atoms with Gasteiger partial charge in [0.15, 0.2) is 5.69 Å². The first kappa shape index (κ1) is 17.1. The highest BCUT2D eigenvalue weighted by Gasteiger charge is 2.18. The molecular weight excluding hydrogens is 377 g/mol. The maximum absolute atomic E-state index is 12.3. The smallest absolute Gasteiger partial charge is 0.358 e. The van der Waals surface area contributed by atoms with Crippen molar-refractivity contribution in [3.8, 4) is 0 Å². The number of pyridine rings is 1. The SMILES string of the molecule is O=C(OCc1cc(=O)oc2cc3c(cc12)CCC3)c1nc(Cl)ccc1Cl. The molecule has 0 bridgehead atoms. The number of aromatic nitrogens is 1. The molecule has 5 nitrogen and oxygen atoms in total. The van der Waals surface area contributed by atoms with E-state index in [2.05, 4.69) is 4.98 Å². The minimum Gasteiger partial charge on any atom is -0.456 e. The second kappa shape index (κ2) is 6.74. The zero-order valence-corrected chi connectivity index (χ0v) is 15.1. The second-order valence-electron chi connectivity index (χ2n) is 6.10. The molecule has 1 aliphatic carbocycles. The molecule has 0 saturated heterocycles. The van der Waals surface area contributed by atoms with E-state index in [0.29, 0.717) is 11.1 Å². The zero-order valence-electron chi connectivity index (χ0n) is 13.6.